The first-order valence-electron chi connectivity index (χ1n) is 9.18. The Hall–Kier alpha value is -1.57. The molecule has 26 heavy (non-hydrogen) atoms. The van der Waals surface area contributed by atoms with E-state index >= 15 is 0 Å². The summed E-state index contributed by atoms with van der Waals surface area (Å²) in [6.07, 6.45) is 4.43. The molecule has 0 saturated carbocycles. The summed E-state index contributed by atoms with van der Waals surface area (Å²) in [6, 6.07) is 10.5. The highest BCUT2D eigenvalue weighted by Gasteiger charge is 2.16. The number of hydrogen-bond acceptors (Lipinski definition) is 3. The van der Waals surface area contributed by atoms with Gasteiger partial charge >= 0.3 is 5.97 Å². The van der Waals surface area contributed by atoms with Crippen molar-refractivity contribution in [1.29, 1.82) is 0 Å². The molecule has 1 aliphatic rings. The lowest BCUT2D eigenvalue weighted by atomic mass is 10.00. The second-order valence-corrected chi connectivity index (χ2v) is 5.94. The lowest BCUT2D eigenvalue weighted by Gasteiger charge is -2.30. The van der Waals surface area contributed by atoms with E-state index in [4.69, 9.17) is 4.74 Å². The van der Waals surface area contributed by atoms with Crippen LogP contribution in [0.2, 0.25) is 0 Å². The molecule has 0 spiro atoms. The number of carbonyl (C=O) groups excluding carboxylic acids is 1. The predicted octanol–water partition coefficient (Wildman–Crippen LogP) is 3.70. The first kappa shape index (κ1) is 22.5. The van der Waals surface area contributed by atoms with Crippen molar-refractivity contribution in [2.75, 3.05) is 32.8 Å². The maximum absolute atomic E-state index is 11.4. The topological polar surface area (TPSA) is 53.9 Å². The van der Waals surface area contributed by atoms with Crippen LogP contribution in [0.5, 0.6) is 0 Å². The van der Waals surface area contributed by atoms with Crippen molar-refractivity contribution in [2.24, 2.45) is 4.99 Å². The molecule has 0 radical (unpaired) electrons. The molecule has 2 rings (SSSR count). The zero-order valence-corrected chi connectivity index (χ0v) is 18.1. The van der Waals surface area contributed by atoms with Crippen LogP contribution in [0, 0.1) is 0 Å². The van der Waals surface area contributed by atoms with Crippen LogP contribution in [0.1, 0.15) is 38.7 Å². The highest BCUT2D eigenvalue weighted by Crippen LogP contribution is 2.21. The molecule has 0 fully saturated rings. The van der Waals surface area contributed by atoms with E-state index in [0.29, 0.717) is 26.0 Å². The van der Waals surface area contributed by atoms with Gasteiger partial charge in [-0.3, -0.25) is 9.79 Å². The number of halogens is 1. The van der Waals surface area contributed by atoms with Crippen molar-refractivity contribution >= 4 is 41.5 Å². The fourth-order valence-corrected chi connectivity index (χ4v) is 2.84. The normalized spacial score (nSPS) is 14.3. The Kier molecular flexibility index (Phi) is 11.0. The molecule has 0 amide bonds. The smallest absolute Gasteiger partial charge is 0.305 e. The van der Waals surface area contributed by atoms with Gasteiger partial charge in [0.2, 0.25) is 0 Å². The van der Waals surface area contributed by atoms with Crippen LogP contribution < -0.4 is 5.32 Å². The number of hydrogen-bond donors (Lipinski definition) is 1. The van der Waals surface area contributed by atoms with Gasteiger partial charge in [0.25, 0.3) is 0 Å². The van der Waals surface area contributed by atoms with Gasteiger partial charge in [-0.05, 0) is 37.8 Å². The Bertz CT molecular complexity index is 602. The SMILES string of the molecule is CCNC(=NCCCC(=O)OCC)N1CC=C(c2ccccc2)CC1.I. The number of rotatable bonds is 7. The first-order chi connectivity index (χ1) is 12.2. The van der Waals surface area contributed by atoms with Gasteiger partial charge in [0.05, 0.1) is 6.61 Å². The fourth-order valence-electron chi connectivity index (χ4n) is 2.84. The lowest BCUT2D eigenvalue weighted by Crippen LogP contribution is -2.43. The monoisotopic (exact) mass is 471 g/mol. The molecule has 1 aromatic rings. The van der Waals surface area contributed by atoms with Crippen molar-refractivity contribution in [3.63, 3.8) is 0 Å². The molecule has 0 aliphatic carbocycles. The second kappa shape index (κ2) is 12.7. The van der Waals surface area contributed by atoms with Crippen molar-refractivity contribution < 1.29 is 9.53 Å². The lowest BCUT2D eigenvalue weighted by molar-refractivity contribution is -0.143. The van der Waals surface area contributed by atoms with Gasteiger partial charge in [-0.15, -0.1) is 24.0 Å². The van der Waals surface area contributed by atoms with E-state index in [1.807, 2.05) is 13.0 Å². The van der Waals surface area contributed by atoms with Gasteiger partial charge in [0, 0.05) is 32.6 Å². The molecular weight excluding hydrogens is 441 g/mol. The highest BCUT2D eigenvalue weighted by atomic mass is 127. The number of nitrogens with one attached hydrogen (secondary N) is 1. The van der Waals surface area contributed by atoms with Crippen molar-refractivity contribution in [3.8, 4) is 0 Å². The Labute approximate surface area is 173 Å². The van der Waals surface area contributed by atoms with E-state index in [-0.39, 0.29) is 29.9 Å². The maximum atomic E-state index is 11.4. The molecule has 1 aliphatic heterocycles. The third-order valence-electron chi connectivity index (χ3n) is 4.09. The average Bonchev–Trinajstić information content (AvgIpc) is 2.65. The summed E-state index contributed by atoms with van der Waals surface area (Å²) in [5.41, 5.74) is 2.70. The summed E-state index contributed by atoms with van der Waals surface area (Å²) in [6.45, 7) is 7.61. The predicted molar refractivity (Wildman–Crippen MR) is 118 cm³/mol. The second-order valence-electron chi connectivity index (χ2n) is 5.94. The standard InChI is InChI=1S/C20H29N3O2.HI/c1-3-21-20(22-14-8-11-19(24)25-4-2)23-15-12-18(13-16-23)17-9-6-5-7-10-17;/h5-7,9-10,12H,3-4,8,11,13-16H2,1-2H3,(H,21,22);1H. The molecule has 0 atom stereocenters. The molecule has 0 aromatic heterocycles. The summed E-state index contributed by atoms with van der Waals surface area (Å²) in [4.78, 5) is 18.3. The van der Waals surface area contributed by atoms with Crippen LogP contribution in [0.3, 0.4) is 0 Å². The van der Waals surface area contributed by atoms with Crippen molar-refractivity contribution in [1.82, 2.24) is 10.2 Å². The van der Waals surface area contributed by atoms with E-state index in [1.54, 1.807) is 0 Å². The van der Waals surface area contributed by atoms with Gasteiger partial charge in [0.1, 0.15) is 0 Å². The number of carbonyl (C=O) groups is 1. The summed E-state index contributed by atoms with van der Waals surface area (Å²) in [7, 11) is 0. The number of benzene rings is 1. The Morgan fingerprint density at radius 2 is 2.04 bits per heavy atom. The summed E-state index contributed by atoms with van der Waals surface area (Å²) in [5, 5.41) is 3.35. The Morgan fingerprint density at radius 3 is 2.65 bits per heavy atom. The average molecular weight is 471 g/mol. The fraction of sp³-hybridized carbons (Fsp3) is 0.500. The zero-order chi connectivity index (χ0) is 17.9. The van der Waals surface area contributed by atoms with E-state index in [9.17, 15) is 4.79 Å². The summed E-state index contributed by atoms with van der Waals surface area (Å²) < 4.78 is 4.95. The maximum Gasteiger partial charge on any atom is 0.305 e. The zero-order valence-electron chi connectivity index (χ0n) is 15.7. The molecule has 0 unspecified atom stereocenters. The van der Waals surface area contributed by atoms with Gasteiger partial charge in [-0.1, -0.05) is 36.4 Å². The number of aliphatic imine (C=N–C) groups is 1. The van der Waals surface area contributed by atoms with E-state index < -0.39 is 0 Å². The largest absolute Gasteiger partial charge is 0.466 e. The van der Waals surface area contributed by atoms with Gasteiger partial charge in [0.15, 0.2) is 5.96 Å². The van der Waals surface area contributed by atoms with Crippen LogP contribution >= 0.6 is 24.0 Å². The third-order valence-corrected chi connectivity index (χ3v) is 4.09. The summed E-state index contributed by atoms with van der Waals surface area (Å²) >= 11 is 0. The van der Waals surface area contributed by atoms with Crippen molar-refractivity contribution in [2.45, 2.75) is 33.1 Å². The third kappa shape index (κ3) is 7.35. The van der Waals surface area contributed by atoms with E-state index in [1.165, 1.54) is 11.1 Å². The van der Waals surface area contributed by atoms with Crippen LogP contribution in [0.25, 0.3) is 5.57 Å². The molecule has 0 bridgehead atoms. The minimum Gasteiger partial charge on any atom is -0.466 e. The molecule has 1 aromatic carbocycles. The molecule has 1 N–H and O–H groups in total. The number of guanidine groups is 1. The highest BCUT2D eigenvalue weighted by molar-refractivity contribution is 14.0. The van der Waals surface area contributed by atoms with Gasteiger partial charge < -0.3 is 15.0 Å². The molecule has 5 nitrogen and oxygen atoms in total. The number of nitrogens with zero attached hydrogens (tertiary/aromatic N) is 2. The molecular formula is C20H30IN3O2. The Morgan fingerprint density at radius 1 is 1.27 bits per heavy atom. The van der Waals surface area contributed by atoms with Crippen LogP contribution in [0.15, 0.2) is 41.4 Å². The van der Waals surface area contributed by atoms with Gasteiger partial charge in [-0.2, -0.15) is 0 Å². The van der Waals surface area contributed by atoms with Crippen molar-refractivity contribution in [3.05, 3.63) is 42.0 Å². The minimum atomic E-state index is -0.142. The van der Waals surface area contributed by atoms with Crippen LogP contribution in [-0.4, -0.2) is 49.6 Å². The quantitative estimate of drug-likeness (QED) is 0.217. The summed E-state index contributed by atoms with van der Waals surface area (Å²) in [5.74, 6) is 0.783. The van der Waals surface area contributed by atoms with Crippen LogP contribution in [-0.2, 0) is 9.53 Å². The number of ether oxygens (including phenoxy) is 1. The molecule has 1 heterocycles. The molecule has 0 saturated heterocycles. The molecule has 6 heteroatoms. The number of esters is 1. The first-order valence-corrected chi connectivity index (χ1v) is 9.18. The van der Waals surface area contributed by atoms with Gasteiger partial charge in [-0.25, -0.2) is 0 Å². The Balaban J connectivity index is 0.00000338. The molecule has 144 valence electrons. The minimum absolute atomic E-state index is 0. The van der Waals surface area contributed by atoms with Crippen LogP contribution in [0.4, 0.5) is 0 Å². The van der Waals surface area contributed by atoms with E-state index in [0.717, 1.165) is 32.0 Å². The van der Waals surface area contributed by atoms with E-state index in [2.05, 4.69) is 52.5 Å².